The third kappa shape index (κ3) is 4.72. The van der Waals surface area contributed by atoms with Crippen LogP contribution in [0.3, 0.4) is 0 Å². The molecule has 1 unspecified atom stereocenters. The van der Waals surface area contributed by atoms with E-state index in [1.54, 1.807) is 55.9 Å². The van der Waals surface area contributed by atoms with Crippen molar-refractivity contribution in [3.63, 3.8) is 0 Å². The van der Waals surface area contributed by atoms with Crippen molar-refractivity contribution >= 4 is 34.9 Å². The van der Waals surface area contributed by atoms with Gasteiger partial charge in [-0.15, -0.1) is 0 Å². The van der Waals surface area contributed by atoms with Gasteiger partial charge in [0, 0.05) is 30.4 Å². The molecule has 3 aromatic rings. The summed E-state index contributed by atoms with van der Waals surface area (Å²) in [6.45, 7) is 3.41. The van der Waals surface area contributed by atoms with Crippen molar-refractivity contribution < 1.29 is 19.2 Å². The molecule has 0 saturated carbocycles. The van der Waals surface area contributed by atoms with Crippen LogP contribution in [-0.2, 0) is 16.6 Å². The molecule has 0 radical (unpaired) electrons. The van der Waals surface area contributed by atoms with Gasteiger partial charge in [-0.05, 0) is 19.9 Å². The fourth-order valence-corrected chi connectivity index (χ4v) is 3.28. The first kappa shape index (κ1) is 22.0. The molecule has 0 aliphatic heterocycles. The first-order chi connectivity index (χ1) is 14.7. The lowest BCUT2D eigenvalue weighted by Gasteiger charge is -2.18. The number of esters is 1. The van der Waals surface area contributed by atoms with Gasteiger partial charge in [-0.3, -0.25) is 19.6 Å². The average molecular weight is 443 g/mol. The number of carbonyl (C=O) groups excluding carboxylic acids is 2. The van der Waals surface area contributed by atoms with E-state index in [1.165, 1.54) is 12.1 Å². The Labute approximate surface area is 182 Å². The number of aryl methyl sites for hydroxylation is 2. The van der Waals surface area contributed by atoms with Gasteiger partial charge < -0.3 is 10.1 Å². The summed E-state index contributed by atoms with van der Waals surface area (Å²) in [5, 5.41) is 17.6. The molecule has 0 aliphatic carbocycles. The fraction of sp³-hybridized carbons (Fsp3) is 0.190. The molecule has 0 bridgehead atoms. The van der Waals surface area contributed by atoms with Crippen LogP contribution in [0.4, 0.5) is 11.4 Å². The number of carbonyl (C=O) groups is 2. The van der Waals surface area contributed by atoms with Crippen molar-refractivity contribution in [1.82, 2.24) is 9.78 Å². The molecule has 1 amide bonds. The minimum absolute atomic E-state index is 0.0142. The zero-order valence-electron chi connectivity index (χ0n) is 17.0. The SMILES string of the molecule is Cc1nn(C)c(C)c1C(=O)OC(C(=O)Nc1ccc([N+](=O)[O-])cc1Cl)c1ccccc1. The van der Waals surface area contributed by atoms with E-state index in [1.807, 2.05) is 0 Å². The summed E-state index contributed by atoms with van der Waals surface area (Å²) < 4.78 is 7.13. The number of hydrogen-bond acceptors (Lipinski definition) is 6. The van der Waals surface area contributed by atoms with Crippen LogP contribution in [0.25, 0.3) is 0 Å². The molecule has 0 saturated heterocycles. The van der Waals surface area contributed by atoms with Crippen LogP contribution in [0.1, 0.15) is 33.4 Å². The van der Waals surface area contributed by atoms with Crippen LogP contribution >= 0.6 is 11.6 Å². The van der Waals surface area contributed by atoms with Gasteiger partial charge in [0.05, 0.1) is 21.3 Å². The molecule has 1 heterocycles. The van der Waals surface area contributed by atoms with Crippen molar-refractivity contribution in [3.8, 4) is 0 Å². The number of nitrogens with one attached hydrogen (secondary N) is 1. The van der Waals surface area contributed by atoms with E-state index in [4.69, 9.17) is 16.3 Å². The molecule has 31 heavy (non-hydrogen) atoms. The minimum Gasteiger partial charge on any atom is -0.444 e. The van der Waals surface area contributed by atoms with E-state index in [0.29, 0.717) is 17.0 Å². The maximum Gasteiger partial charge on any atom is 0.343 e. The molecule has 1 aromatic heterocycles. The molecule has 160 valence electrons. The number of halogens is 1. The van der Waals surface area contributed by atoms with Gasteiger partial charge in [0.15, 0.2) is 0 Å². The number of anilines is 1. The summed E-state index contributed by atoms with van der Waals surface area (Å²) in [6, 6.07) is 12.2. The maximum absolute atomic E-state index is 13.0. The van der Waals surface area contributed by atoms with Crippen LogP contribution in [-0.4, -0.2) is 26.6 Å². The van der Waals surface area contributed by atoms with E-state index >= 15 is 0 Å². The summed E-state index contributed by atoms with van der Waals surface area (Å²) in [4.78, 5) is 36.2. The summed E-state index contributed by atoms with van der Waals surface area (Å²) >= 11 is 6.08. The molecule has 0 spiro atoms. The quantitative estimate of drug-likeness (QED) is 0.348. The standard InChI is InChI=1S/C21H19ClN4O5/c1-12-18(13(2)25(3)24-12)21(28)31-19(14-7-5-4-6-8-14)20(27)23-17-10-9-15(26(29)30)11-16(17)22/h4-11,19H,1-3H3,(H,23,27). The maximum atomic E-state index is 13.0. The normalized spacial score (nSPS) is 11.6. The Bertz CT molecular complexity index is 1160. The number of aromatic nitrogens is 2. The first-order valence-electron chi connectivity index (χ1n) is 9.20. The summed E-state index contributed by atoms with van der Waals surface area (Å²) in [6.07, 6.45) is -1.28. The third-order valence-corrected chi connectivity index (χ3v) is 5.01. The van der Waals surface area contributed by atoms with E-state index in [2.05, 4.69) is 10.4 Å². The van der Waals surface area contributed by atoms with Gasteiger partial charge in [-0.1, -0.05) is 41.9 Å². The van der Waals surface area contributed by atoms with E-state index < -0.39 is 22.9 Å². The molecule has 9 nitrogen and oxygen atoms in total. The number of nitro benzene ring substituents is 1. The van der Waals surface area contributed by atoms with Gasteiger partial charge >= 0.3 is 5.97 Å². The molecule has 10 heteroatoms. The van der Waals surface area contributed by atoms with Gasteiger partial charge in [0.25, 0.3) is 11.6 Å². The molecule has 0 aliphatic rings. The van der Waals surface area contributed by atoms with Crippen molar-refractivity contribution in [3.05, 3.63) is 86.2 Å². The average Bonchev–Trinajstić information content (AvgIpc) is 2.99. The third-order valence-electron chi connectivity index (χ3n) is 4.70. The van der Waals surface area contributed by atoms with Gasteiger partial charge in [-0.2, -0.15) is 5.10 Å². The molecule has 0 fully saturated rings. The monoisotopic (exact) mass is 442 g/mol. The van der Waals surface area contributed by atoms with Crippen LogP contribution < -0.4 is 5.32 Å². The number of ether oxygens (including phenoxy) is 1. The number of benzene rings is 2. The Kier molecular flexibility index (Phi) is 6.36. The van der Waals surface area contributed by atoms with Gasteiger partial charge in [0.1, 0.15) is 5.56 Å². The number of nitro groups is 1. The Balaban J connectivity index is 1.90. The predicted octanol–water partition coefficient (Wildman–Crippen LogP) is 4.14. The number of hydrogen-bond donors (Lipinski definition) is 1. The lowest BCUT2D eigenvalue weighted by Crippen LogP contribution is -2.26. The second-order valence-corrected chi connectivity index (χ2v) is 7.18. The zero-order valence-corrected chi connectivity index (χ0v) is 17.7. The van der Waals surface area contributed by atoms with Crippen molar-refractivity contribution in [2.75, 3.05) is 5.32 Å². The lowest BCUT2D eigenvalue weighted by molar-refractivity contribution is -0.384. The highest BCUT2D eigenvalue weighted by molar-refractivity contribution is 6.34. The summed E-state index contributed by atoms with van der Waals surface area (Å²) in [5.41, 5.74) is 1.76. The van der Waals surface area contributed by atoms with Crippen LogP contribution in [0.15, 0.2) is 48.5 Å². The van der Waals surface area contributed by atoms with Crippen LogP contribution in [0, 0.1) is 24.0 Å². The van der Waals surface area contributed by atoms with E-state index in [0.717, 1.165) is 6.07 Å². The predicted molar refractivity (Wildman–Crippen MR) is 114 cm³/mol. The highest BCUT2D eigenvalue weighted by atomic mass is 35.5. The fourth-order valence-electron chi connectivity index (χ4n) is 3.05. The highest BCUT2D eigenvalue weighted by Gasteiger charge is 2.29. The smallest absolute Gasteiger partial charge is 0.343 e. The Morgan fingerprint density at radius 3 is 2.42 bits per heavy atom. The molecule has 1 N–H and O–H groups in total. The highest BCUT2D eigenvalue weighted by Crippen LogP contribution is 2.29. The Morgan fingerprint density at radius 2 is 1.87 bits per heavy atom. The van der Waals surface area contributed by atoms with E-state index in [9.17, 15) is 19.7 Å². The van der Waals surface area contributed by atoms with Gasteiger partial charge in [-0.25, -0.2) is 4.79 Å². The largest absolute Gasteiger partial charge is 0.444 e. The number of nitrogens with zero attached hydrogens (tertiary/aromatic N) is 3. The number of non-ortho nitro benzene ring substituents is 1. The topological polar surface area (TPSA) is 116 Å². The minimum atomic E-state index is -1.28. The molecule has 2 aromatic carbocycles. The molecule has 3 rings (SSSR count). The molecular formula is C21H19ClN4O5. The number of amides is 1. The van der Waals surface area contributed by atoms with Gasteiger partial charge in [0.2, 0.25) is 6.10 Å². The van der Waals surface area contributed by atoms with Crippen molar-refractivity contribution in [1.29, 1.82) is 0 Å². The Hall–Kier alpha value is -3.72. The summed E-state index contributed by atoms with van der Waals surface area (Å²) in [7, 11) is 1.71. The first-order valence-corrected chi connectivity index (χ1v) is 9.57. The zero-order chi connectivity index (χ0) is 22.7. The lowest BCUT2D eigenvalue weighted by atomic mass is 10.1. The van der Waals surface area contributed by atoms with Crippen molar-refractivity contribution in [2.45, 2.75) is 20.0 Å². The van der Waals surface area contributed by atoms with E-state index in [-0.39, 0.29) is 22.0 Å². The van der Waals surface area contributed by atoms with Crippen LogP contribution in [0.5, 0.6) is 0 Å². The second kappa shape index (κ2) is 8.97. The molecular weight excluding hydrogens is 424 g/mol. The van der Waals surface area contributed by atoms with Crippen LogP contribution in [0.2, 0.25) is 5.02 Å². The summed E-state index contributed by atoms with van der Waals surface area (Å²) in [5.74, 6) is -1.35. The molecule has 1 atom stereocenters. The Morgan fingerprint density at radius 1 is 1.19 bits per heavy atom. The number of rotatable bonds is 6. The second-order valence-electron chi connectivity index (χ2n) is 6.78. The van der Waals surface area contributed by atoms with Crippen molar-refractivity contribution in [2.24, 2.45) is 7.05 Å².